The lowest BCUT2D eigenvalue weighted by atomic mass is 10.2. The molecule has 0 saturated heterocycles. The van der Waals surface area contributed by atoms with Crippen molar-refractivity contribution in [3.8, 4) is 5.75 Å². The minimum Gasteiger partial charge on any atom is -0.288 e. The van der Waals surface area contributed by atoms with Crippen molar-refractivity contribution >= 4 is 23.2 Å². The van der Waals surface area contributed by atoms with E-state index in [1.54, 1.807) is 13.0 Å². The van der Waals surface area contributed by atoms with E-state index in [1.165, 1.54) is 6.07 Å². The van der Waals surface area contributed by atoms with Crippen LogP contribution in [0, 0.1) is 6.92 Å². The van der Waals surface area contributed by atoms with Gasteiger partial charge in [0.05, 0.1) is 5.02 Å². The monoisotopic (exact) mass is 175 g/mol. The van der Waals surface area contributed by atoms with Gasteiger partial charge in [-0.05, 0) is 24.6 Å². The van der Waals surface area contributed by atoms with Crippen LogP contribution in [0.2, 0.25) is 10.0 Å². The molecule has 0 aliphatic rings. The van der Waals surface area contributed by atoms with Crippen LogP contribution in [0.15, 0.2) is 12.1 Å². The third-order valence-electron chi connectivity index (χ3n) is 1.14. The van der Waals surface area contributed by atoms with Gasteiger partial charge in [0.1, 0.15) is 5.02 Å². The Kier molecular flexibility index (Phi) is 2.07. The summed E-state index contributed by atoms with van der Waals surface area (Å²) >= 11 is 11.1. The second kappa shape index (κ2) is 2.69. The normalized spacial score (nSPS) is 9.90. The van der Waals surface area contributed by atoms with Crippen LogP contribution in [0.1, 0.15) is 5.56 Å². The van der Waals surface area contributed by atoms with Crippen LogP contribution in [-0.2, 0) is 5.11 Å². The molecule has 0 unspecified atom stereocenters. The molecule has 10 heavy (non-hydrogen) atoms. The molecular weight excluding hydrogens is 171 g/mol. The molecule has 0 saturated carbocycles. The lowest BCUT2D eigenvalue weighted by molar-refractivity contribution is 0.355. The first kappa shape index (κ1) is 7.70. The topological polar surface area (TPSA) is 19.9 Å². The number of rotatable bonds is 0. The molecule has 0 bridgehead atoms. The van der Waals surface area contributed by atoms with Crippen LogP contribution < -0.4 is 0 Å². The van der Waals surface area contributed by atoms with Crippen molar-refractivity contribution in [3.05, 3.63) is 27.7 Å². The molecule has 0 heterocycles. The largest absolute Gasteiger partial charge is 0.288 e. The molecular formula is C7H5Cl2O. The average molecular weight is 176 g/mol. The van der Waals surface area contributed by atoms with E-state index in [2.05, 4.69) is 0 Å². The predicted octanol–water partition coefficient (Wildman–Crippen LogP) is 3.45. The fraction of sp³-hybridized carbons (Fsp3) is 0.143. The molecule has 1 aromatic carbocycles. The number of aryl methyl sites for hydroxylation is 1. The second-order valence-corrected chi connectivity index (χ2v) is 2.84. The summed E-state index contributed by atoms with van der Waals surface area (Å²) in [5, 5.41) is 11.3. The van der Waals surface area contributed by atoms with Gasteiger partial charge in [-0.1, -0.05) is 23.2 Å². The van der Waals surface area contributed by atoms with Gasteiger partial charge in [-0.25, -0.2) is 0 Å². The van der Waals surface area contributed by atoms with Gasteiger partial charge in [0.25, 0.3) is 0 Å². The summed E-state index contributed by atoms with van der Waals surface area (Å²) in [5.74, 6) is -0.216. The number of halogens is 2. The maximum atomic E-state index is 10.8. The summed E-state index contributed by atoms with van der Waals surface area (Å²) in [6.45, 7) is 1.80. The number of hydrogen-bond donors (Lipinski definition) is 0. The number of benzene rings is 1. The Morgan fingerprint density at radius 2 is 1.90 bits per heavy atom. The van der Waals surface area contributed by atoms with E-state index in [-0.39, 0.29) is 10.8 Å². The van der Waals surface area contributed by atoms with Crippen molar-refractivity contribution in [1.82, 2.24) is 0 Å². The summed E-state index contributed by atoms with van der Waals surface area (Å²) in [7, 11) is 0. The van der Waals surface area contributed by atoms with E-state index in [9.17, 15) is 5.11 Å². The summed E-state index contributed by atoms with van der Waals surface area (Å²) in [5.41, 5.74) is 0.833. The van der Waals surface area contributed by atoms with Gasteiger partial charge in [0.2, 0.25) is 0 Å². The minimum absolute atomic E-state index is 0.104. The maximum Gasteiger partial charge on any atom is 0.198 e. The van der Waals surface area contributed by atoms with E-state index in [1.807, 2.05) is 0 Å². The standard InChI is InChI=1S/C7H5Cl2O/c1-4-2-5(8)7(9)6(10)3-4/h2-3H,1H3. The Morgan fingerprint density at radius 3 is 2.40 bits per heavy atom. The zero-order chi connectivity index (χ0) is 7.72. The average Bonchev–Trinajstić information content (AvgIpc) is 1.82. The van der Waals surface area contributed by atoms with Gasteiger partial charge >= 0.3 is 0 Å². The Morgan fingerprint density at radius 1 is 1.30 bits per heavy atom. The zero-order valence-electron chi connectivity index (χ0n) is 5.32. The summed E-state index contributed by atoms with van der Waals surface area (Å²) < 4.78 is 0. The summed E-state index contributed by atoms with van der Waals surface area (Å²) in [6.07, 6.45) is 0. The van der Waals surface area contributed by atoms with Crippen LogP contribution in [0.3, 0.4) is 0 Å². The third kappa shape index (κ3) is 1.36. The Bertz CT molecular complexity index is 235. The van der Waals surface area contributed by atoms with Crippen LogP contribution in [0.25, 0.3) is 0 Å². The highest BCUT2D eigenvalue weighted by molar-refractivity contribution is 6.42. The Hall–Kier alpha value is -0.400. The highest BCUT2D eigenvalue weighted by atomic mass is 35.5. The van der Waals surface area contributed by atoms with Crippen molar-refractivity contribution < 1.29 is 5.11 Å². The van der Waals surface area contributed by atoms with Crippen molar-refractivity contribution in [3.63, 3.8) is 0 Å². The molecule has 1 aromatic rings. The lowest BCUT2D eigenvalue weighted by Crippen LogP contribution is -1.73. The smallest absolute Gasteiger partial charge is 0.198 e. The van der Waals surface area contributed by atoms with E-state index < -0.39 is 0 Å². The van der Waals surface area contributed by atoms with Crippen molar-refractivity contribution in [2.75, 3.05) is 0 Å². The van der Waals surface area contributed by atoms with Crippen molar-refractivity contribution in [2.24, 2.45) is 0 Å². The van der Waals surface area contributed by atoms with Crippen LogP contribution >= 0.6 is 23.2 Å². The lowest BCUT2D eigenvalue weighted by Gasteiger charge is -1.97. The molecule has 0 aliphatic carbocycles. The van der Waals surface area contributed by atoms with Crippen LogP contribution in [-0.4, -0.2) is 0 Å². The molecule has 3 heteroatoms. The highest BCUT2D eigenvalue weighted by Crippen LogP contribution is 2.32. The number of hydrogen-bond acceptors (Lipinski definition) is 0. The molecule has 0 fully saturated rings. The van der Waals surface area contributed by atoms with E-state index in [4.69, 9.17) is 23.2 Å². The van der Waals surface area contributed by atoms with Gasteiger partial charge in [-0.15, -0.1) is 0 Å². The van der Waals surface area contributed by atoms with E-state index in [0.717, 1.165) is 5.56 Å². The zero-order valence-corrected chi connectivity index (χ0v) is 6.83. The van der Waals surface area contributed by atoms with Crippen LogP contribution in [0.5, 0.6) is 5.75 Å². The Labute approximate surface area is 69.2 Å². The first-order valence-corrected chi connectivity index (χ1v) is 3.49. The molecule has 0 N–H and O–H groups in total. The SMILES string of the molecule is Cc1cc([O])c(Cl)c(Cl)c1. The van der Waals surface area contributed by atoms with Gasteiger partial charge in [-0.3, -0.25) is 5.11 Å². The Balaban J connectivity index is 3.31. The molecule has 1 rings (SSSR count). The molecule has 0 amide bonds. The van der Waals surface area contributed by atoms with Gasteiger partial charge in [0, 0.05) is 0 Å². The molecule has 0 spiro atoms. The summed E-state index contributed by atoms with van der Waals surface area (Å²) in [6, 6.07) is 3.11. The molecule has 1 radical (unpaired) electrons. The molecule has 0 aliphatic heterocycles. The molecule has 0 atom stereocenters. The summed E-state index contributed by atoms with van der Waals surface area (Å²) in [4.78, 5) is 0. The maximum absolute atomic E-state index is 10.8. The van der Waals surface area contributed by atoms with E-state index >= 15 is 0 Å². The van der Waals surface area contributed by atoms with Crippen LogP contribution in [0.4, 0.5) is 0 Å². The highest BCUT2D eigenvalue weighted by Gasteiger charge is 2.04. The molecule has 1 nitrogen and oxygen atoms in total. The quantitative estimate of drug-likeness (QED) is 0.576. The van der Waals surface area contributed by atoms with Gasteiger partial charge < -0.3 is 0 Å². The van der Waals surface area contributed by atoms with Gasteiger partial charge in [-0.2, -0.15) is 0 Å². The molecule has 0 aromatic heterocycles. The van der Waals surface area contributed by atoms with E-state index in [0.29, 0.717) is 5.02 Å². The van der Waals surface area contributed by atoms with Crippen molar-refractivity contribution in [1.29, 1.82) is 0 Å². The predicted molar refractivity (Wildman–Crippen MR) is 41.3 cm³/mol. The fourth-order valence-electron chi connectivity index (χ4n) is 0.693. The fourth-order valence-corrected chi connectivity index (χ4v) is 1.07. The minimum atomic E-state index is -0.216. The first-order valence-electron chi connectivity index (χ1n) is 2.74. The van der Waals surface area contributed by atoms with Crippen molar-refractivity contribution in [2.45, 2.75) is 6.92 Å². The molecule has 53 valence electrons. The third-order valence-corrected chi connectivity index (χ3v) is 1.92. The second-order valence-electron chi connectivity index (χ2n) is 2.06. The first-order chi connectivity index (χ1) is 4.61. The van der Waals surface area contributed by atoms with Gasteiger partial charge in [0.15, 0.2) is 5.75 Å².